The highest BCUT2D eigenvalue weighted by Crippen LogP contribution is 2.27. The smallest absolute Gasteiger partial charge is 0.234 e. The number of carbonyl (C=O) groups excluding carboxylic acids is 1. The number of amides is 1. The monoisotopic (exact) mass is 374 g/mol. The number of rotatable bonds is 6. The van der Waals surface area contributed by atoms with Gasteiger partial charge in [0.25, 0.3) is 0 Å². The second-order valence-corrected chi connectivity index (χ2v) is 6.32. The van der Waals surface area contributed by atoms with E-state index in [0.717, 1.165) is 5.69 Å². The molecule has 8 heteroatoms. The van der Waals surface area contributed by atoms with Crippen LogP contribution in [-0.4, -0.2) is 33.5 Å². The standard InChI is InChI=1S/C17H15ClN4O2S/c1-24-15-9-5-4-8-14(15)22-11-19-21-17(22)25-10-16(23)20-13-7-3-2-6-12(13)18/h2-9,11H,10H2,1H3,(H,20,23). The van der Waals surface area contributed by atoms with Gasteiger partial charge in [0, 0.05) is 0 Å². The number of nitrogens with zero attached hydrogens (tertiary/aromatic N) is 3. The third-order valence-corrected chi connectivity index (χ3v) is 4.61. The maximum atomic E-state index is 12.2. The number of methoxy groups -OCH3 is 1. The maximum absolute atomic E-state index is 12.2. The van der Waals surface area contributed by atoms with Crippen molar-refractivity contribution in [3.05, 3.63) is 59.9 Å². The summed E-state index contributed by atoms with van der Waals surface area (Å²) in [5, 5.41) is 11.9. The largest absolute Gasteiger partial charge is 0.495 e. The average Bonchev–Trinajstić information content (AvgIpc) is 3.10. The Morgan fingerprint density at radius 1 is 1.24 bits per heavy atom. The van der Waals surface area contributed by atoms with E-state index in [1.165, 1.54) is 11.8 Å². The fourth-order valence-electron chi connectivity index (χ4n) is 2.20. The molecule has 1 N–H and O–H groups in total. The minimum Gasteiger partial charge on any atom is -0.495 e. The van der Waals surface area contributed by atoms with Gasteiger partial charge in [-0.1, -0.05) is 47.6 Å². The first-order valence-electron chi connectivity index (χ1n) is 7.39. The van der Waals surface area contributed by atoms with Crippen LogP contribution in [0.3, 0.4) is 0 Å². The van der Waals surface area contributed by atoms with Gasteiger partial charge < -0.3 is 10.1 Å². The molecule has 1 heterocycles. The normalized spacial score (nSPS) is 10.5. The van der Waals surface area contributed by atoms with E-state index in [4.69, 9.17) is 16.3 Å². The number of benzene rings is 2. The Balaban J connectivity index is 1.70. The number of hydrogen-bond acceptors (Lipinski definition) is 5. The highest BCUT2D eigenvalue weighted by atomic mass is 35.5. The molecule has 1 amide bonds. The first-order chi connectivity index (χ1) is 12.2. The van der Waals surface area contributed by atoms with E-state index in [-0.39, 0.29) is 11.7 Å². The number of para-hydroxylation sites is 3. The summed E-state index contributed by atoms with van der Waals surface area (Å²) in [6.07, 6.45) is 1.59. The first-order valence-corrected chi connectivity index (χ1v) is 8.76. The molecule has 0 saturated heterocycles. The Morgan fingerprint density at radius 3 is 2.80 bits per heavy atom. The lowest BCUT2D eigenvalue weighted by molar-refractivity contribution is -0.113. The van der Waals surface area contributed by atoms with E-state index in [9.17, 15) is 4.79 Å². The van der Waals surface area contributed by atoms with Crippen LogP contribution in [0.1, 0.15) is 0 Å². The summed E-state index contributed by atoms with van der Waals surface area (Å²) in [5.41, 5.74) is 1.39. The summed E-state index contributed by atoms with van der Waals surface area (Å²) in [7, 11) is 1.60. The Labute approximate surface area is 154 Å². The van der Waals surface area contributed by atoms with Gasteiger partial charge in [0.05, 0.1) is 29.3 Å². The zero-order valence-electron chi connectivity index (χ0n) is 13.3. The number of nitrogens with one attached hydrogen (secondary N) is 1. The van der Waals surface area contributed by atoms with E-state index in [0.29, 0.717) is 21.6 Å². The van der Waals surface area contributed by atoms with Crippen LogP contribution in [-0.2, 0) is 4.79 Å². The number of thioether (sulfide) groups is 1. The number of hydrogen-bond donors (Lipinski definition) is 1. The minimum atomic E-state index is -0.173. The second-order valence-electron chi connectivity index (χ2n) is 4.97. The SMILES string of the molecule is COc1ccccc1-n1cnnc1SCC(=O)Nc1ccccc1Cl. The van der Waals surface area contributed by atoms with Crippen molar-refractivity contribution in [3.8, 4) is 11.4 Å². The zero-order valence-corrected chi connectivity index (χ0v) is 14.9. The Morgan fingerprint density at radius 2 is 2.00 bits per heavy atom. The van der Waals surface area contributed by atoms with Crippen molar-refractivity contribution in [1.82, 2.24) is 14.8 Å². The van der Waals surface area contributed by atoms with Crippen molar-refractivity contribution in [2.75, 3.05) is 18.2 Å². The highest BCUT2D eigenvalue weighted by molar-refractivity contribution is 7.99. The first kappa shape index (κ1) is 17.3. The number of carbonyl (C=O) groups is 1. The molecule has 0 saturated carbocycles. The molecule has 0 fully saturated rings. The van der Waals surface area contributed by atoms with Crippen LogP contribution in [0.5, 0.6) is 5.75 Å². The van der Waals surface area contributed by atoms with Gasteiger partial charge in [-0.05, 0) is 24.3 Å². The summed E-state index contributed by atoms with van der Waals surface area (Å²) in [4.78, 5) is 12.2. The van der Waals surface area contributed by atoms with Crippen molar-refractivity contribution in [3.63, 3.8) is 0 Å². The van der Waals surface area contributed by atoms with Crippen LogP contribution in [0, 0.1) is 0 Å². The van der Waals surface area contributed by atoms with Crippen molar-refractivity contribution < 1.29 is 9.53 Å². The summed E-state index contributed by atoms with van der Waals surface area (Å²) in [6.45, 7) is 0. The molecule has 3 rings (SSSR count). The van der Waals surface area contributed by atoms with Crippen LogP contribution < -0.4 is 10.1 Å². The molecule has 0 aliphatic heterocycles. The zero-order chi connectivity index (χ0) is 17.6. The lowest BCUT2D eigenvalue weighted by Crippen LogP contribution is -2.14. The molecular formula is C17H15ClN4O2S. The molecule has 0 radical (unpaired) electrons. The molecule has 0 atom stereocenters. The van der Waals surface area contributed by atoms with E-state index in [1.807, 2.05) is 36.4 Å². The van der Waals surface area contributed by atoms with Crippen LogP contribution >= 0.6 is 23.4 Å². The molecular weight excluding hydrogens is 360 g/mol. The van der Waals surface area contributed by atoms with E-state index < -0.39 is 0 Å². The van der Waals surface area contributed by atoms with Gasteiger partial charge in [-0.15, -0.1) is 10.2 Å². The third kappa shape index (κ3) is 4.12. The molecule has 25 heavy (non-hydrogen) atoms. The topological polar surface area (TPSA) is 69.0 Å². The average molecular weight is 375 g/mol. The van der Waals surface area contributed by atoms with Crippen LogP contribution in [0.2, 0.25) is 5.02 Å². The van der Waals surface area contributed by atoms with Crippen molar-refractivity contribution in [2.24, 2.45) is 0 Å². The van der Waals surface area contributed by atoms with E-state index in [2.05, 4.69) is 15.5 Å². The number of halogens is 1. The van der Waals surface area contributed by atoms with Crippen molar-refractivity contribution >= 4 is 35.0 Å². The summed E-state index contributed by atoms with van der Waals surface area (Å²) < 4.78 is 7.15. The quantitative estimate of drug-likeness (QED) is 0.667. The van der Waals surface area contributed by atoms with E-state index in [1.54, 1.807) is 30.1 Å². The third-order valence-electron chi connectivity index (χ3n) is 3.34. The second kappa shape index (κ2) is 8.04. The maximum Gasteiger partial charge on any atom is 0.234 e. The van der Waals surface area contributed by atoms with Gasteiger partial charge in [-0.25, -0.2) is 0 Å². The predicted molar refractivity (Wildman–Crippen MR) is 98.7 cm³/mol. The highest BCUT2D eigenvalue weighted by Gasteiger charge is 2.13. The van der Waals surface area contributed by atoms with Gasteiger partial charge in [0.15, 0.2) is 5.16 Å². The van der Waals surface area contributed by atoms with Crippen LogP contribution in [0.15, 0.2) is 60.0 Å². The van der Waals surface area contributed by atoms with Crippen LogP contribution in [0.4, 0.5) is 5.69 Å². The lowest BCUT2D eigenvalue weighted by atomic mass is 10.3. The molecule has 0 bridgehead atoms. The molecule has 6 nitrogen and oxygen atoms in total. The van der Waals surface area contributed by atoms with Gasteiger partial charge >= 0.3 is 0 Å². The summed E-state index contributed by atoms with van der Waals surface area (Å²) >= 11 is 7.32. The molecule has 2 aromatic carbocycles. The number of ether oxygens (including phenoxy) is 1. The lowest BCUT2D eigenvalue weighted by Gasteiger charge is -2.11. The Kier molecular flexibility index (Phi) is 5.57. The molecule has 1 aromatic heterocycles. The van der Waals surface area contributed by atoms with Gasteiger partial charge in [0.2, 0.25) is 5.91 Å². The molecule has 3 aromatic rings. The Bertz CT molecular complexity index is 884. The number of anilines is 1. The summed E-state index contributed by atoms with van der Waals surface area (Å²) in [6, 6.07) is 14.6. The van der Waals surface area contributed by atoms with Crippen molar-refractivity contribution in [2.45, 2.75) is 5.16 Å². The molecule has 0 unspecified atom stereocenters. The molecule has 128 valence electrons. The molecule has 0 spiro atoms. The number of aromatic nitrogens is 3. The van der Waals surface area contributed by atoms with Crippen molar-refractivity contribution in [1.29, 1.82) is 0 Å². The van der Waals surface area contributed by atoms with E-state index >= 15 is 0 Å². The fraction of sp³-hybridized carbons (Fsp3) is 0.118. The summed E-state index contributed by atoms with van der Waals surface area (Å²) in [5.74, 6) is 0.705. The van der Waals surface area contributed by atoms with Crippen LogP contribution in [0.25, 0.3) is 5.69 Å². The predicted octanol–water partition coefficient (Wildman–Crippen LogP) is 3.66. The van der Waals surface area contributed by atoms with Gasteiger partial charge in [-0.3, -0.25) is 9.36 Å². The molecule has 0 aliphatic carbocycles. The fourth-order valence-corrected chi connectivity index (χ4v) is 3.10. The Hall–Kier alpha value is -2.51. The van der Waals surface area contributed by atoms with Gasteiger partial charge in [0.1, 0.15) is 12.1 Å². The molecule has 0 aliphatic rings. The van der Waals surface area contributed by atoms with Gasteiger partial charge in [-0.2, -0.15) is 0 Å². The minimum absolute atomic E-state index is 0.173.